The van der Waals surface area contributed by atoms with Gasteiger partial charge in [-0.05, 0) is 54.7 Å². The highest BCUT2D eigenvalue weighted by Gasteiger charge is 2.55. The lowest BCUT2D eigenvalue weighted by molar-refractivity contribution is -0.137. The van der Waals surface area contributed by atoms with E-state index < -0.39 is 27.2 Å². The minimum Gasteiger partial charge on any atom is -0.349 e. The van der Waals surface area contributed by atoms with Crippen LogP contribution in [0.4, 0.5) is 18.9 Å². The van der Waals surface area contributed by atoms with Gasteiger partial charge in [-0.15, -0.1) is 0 Å². The first kappa shape index (κ1) is 24.1. The maximum absolute atomic E-state index is 12.9. The molecule has 32 heavy (non-hydrogen) atoms. The van der Waals surface area contributed by atoms with Crippen molar-refractivity contribution in [2.45, 2.75) is 51.2 Å². The Balaban J connectivity index is 1.70. The number of amides is 1. The zero-order chi connectivity index (χ0) is 23.9. The van der Waals surface area contributed by atoms with Gasteiger partial charge >= 0.3 is 6.18 Å². The van der Waals surface area contributed by atoms with Gasteiger partial charge in [0.05, 0.1) is 23.5 Å². The van der Waals surface area contributed by atoms with Crippen molar-refractivity contribution < 1.29 is 26.4 Å². The Kier molecular flexibility index (Phi) is 6.34. The lowest BCUT2D eigenvalue weighted by Gasteiger charge is -2.20. The molecule has 1 aliphatic rings. The highest BCUT2D eigenvalue weighted by atomic mass is 32.2. The van der Waals surface area contributed by atoms with Crippen LogP contribution in [0.1, 0.15) is 55.0 Å². The summed E-state index contributed by atoms with van der Waals surface area (Å²) in [5.74, 6) is -0.462. The average molecular weight is 469 g/mol. The van der Waals surface area contributed by atoms with Crippen LogP contribution in [-0.2, 0) is 26.4 Å². The molecule has 3 atom stereocenters. The number of sulfonamides is 1. The van der Waals surface area contributed by atoms with Crippen molar-refractivity contribution in [2.24, 2.45) is 5.92 Å². The van der Waals surface area contributed by atoms with Gasteiger partial charge in [0.1, 0.15) is 0 Å². The van der Waals surface area contributed by atoms with Crippen LogP contribution in [-0.4, -0.2) is 20.6 Å². The highest BCUT2D eigenvalue weighted by molar-refractivity contribution is 7.92. The first-order valence-electron chi connectivity index (χ1n) is 10.3. The second-order valence-electron chi connectivity index (χ2n) is 8.67. The number of nitrogens with one attached hydrogen (secondary N) is 2. The SMILES string of the molecule is CCC(NC(=O)C1C[C@]1(C)c1ccc(C(F)(F)F)cc1)c1ccc(NS(C)(=O)=O)c(C)c1. The summed E-state index contributed by atoms with van der Waals surface area (Å²) in [5.41, 5.74) is 1.59. The second-order valence-corrected chi connectivity index (χ2v) is 10.4. The molecular formula is C23H27F3N2O3S. The van der Waals surface area contributed by atoms with Gasteiger partial charge in [-0.3, -0.25) is 9.52 Å². The molecule has 0 aromatic heterocycles. The lowest BCUT2D eigenvalue weighted by atomic mass is 9.94. The number of alkyl halides is 3. The Labute approximate surface area is 186 Å². The summed E-state index contributed by atoms with van der Waals surface area (Å²) >= 11 is 0. The first-order valence-corrected chi connectivity index (χ1v) is 12.2. The van der Waals surface area contributed by atoms with E-state index in [4.69, 9.17) is 0 Å². The molecule has 174 valence electrons. The molecule has 0 bridgehead atoms. The Bertz CT molecular complexity index is 1110. The van der Waals surface area contributed by atoms with Gasteiger partial charge in [0.25, 0.3) is 0 Å². The first-order chi connectivity index (χ1) is 14.7. The normalized spacial score (nSPS) is 21.7. The lowest BCUT2D eigenvalue weighted by Crippen LogP contribution is -2.31. The number of rotatable bonds is 7. The number of carbonyl (C=O) groups excluding carboxylic acids is 1. The van der Waals surface area contributed by atoms with Crippen molar-refractivity contribution in [3.05, 3.63) is 64.7 Å². The summed E-state index contributed by atoms with van der Waals surface area (Å²) in [6, 6.07) is 10.0. The third kappa shape index (κ3) is 5.26. The molecule has 0 saturated heterocycles. The molecule has 1 amide bonds. The number of anilines is 1. The number of aryl methyl sites for hydroxylation is 1. The number of hydrogen-bond acceptors (Lipinski definition) is 3. The molecule has 9 heteroatoms. The Morgan fingerprint density at radius 3 is 2.31 bits per heavy atom. The van der Waals surface area contributed by atoms with Crippen molar-refractivity contribution in [1.29, 1.82) is 0 Å². The summed E-state index contributed by atoms with van der Waals surface area (Å²) in [4.78, 5) is 12.9. The maximum atomic E-state index is 12.9. The zero-order valence-corrected chi connectivity index (χ0v) is 19.2. The third-order valence-electron chi connectivity index (χ3n) is 6.10. The van der Waals surface area contributed by atoms with Crippen LogP contribution in [0.3, 0.4) is 0 Å². The molecule has 5 nitrogen and oxygen atoms in total. The number of benzene rings is 2. The molecule has 0 aliphatic heterocycles. The number of carbonyl (C=O) groups is 1. The van der Waals surface area contributed by atoms with Crippen LogP contribution in [0.15, 0.2) is 42.5 Å². The molecule has 2 unspecified atom stereocenters. The van der Waals surface area contributed by atoms with Crippen LogP contribution in [0, 0.1) is 12.8 Å². The highest BCUT2D eigenvalue weighted by Crippen LogP contribution is 2.54. The Morgan fingerprint density at radius 2 is 1.81 bits per heavy atom. The smallest absolute Gasteiger partial charge is 0.349 e. The van der Waals surface area contributed by atoms with Crippen LogP contribution < -0.4 is 10.0 Å². The molecular weight excluding hydrogens is 441 g/mol. The van der Waals surface area contributed by atoms with Crippen molar-refractivity contribution >= 4 is 21.6 Å². The van der Waals surface area contributed by atoms with E-state index in [1.807, 2.05) is 19.9 Å². The Hall–Kier alpha value is -2.55. The van der Waals surface area contributed by atoms with E-state index in [-0.39, 0.29) is 17.9 Å². The van der Waals surface area contributed by atoms with Gasteiger partial charge in [-0.2, -0.15) is 13.2 Å². The fourth-order valence-electron chi connectivity index (χ4n) is 4.02. The maximum Gasteiger partial charge on any atom is 0.416 e. The van der Waals surface area contributed by atoms with Gasteiger partial charge in [0.15, 0.2) is 0 Å². The third-order valence-corrected chi connectivity index (χ3v) is 6.69. The minimum absolute atomic E-state index is 0.143. The molecule has 0 heterocycles. The van der Waals surface area contributed by atoms with E-state index in [9.17, 15) is 26.4 Å². The van der Waals surface area contributed by atoms with Crippen molar-refractivity contribution in [2.75, 3.05) is 11.0 Å². The van der Waals surface area contributed by atoms with Crippen LogP contribution >= 0.6 is 0 Å². The van der Waals surface area contributed by atoms with Gasteiger partial charge in [0, 0.05) is 11.3 Å². The molecule has 2 aromatic rings. The van der Waals surface area contributed by atoms with Gasteiger partial charge in [-0.1, -0.05) is 38.1 Å². The van der Waals surface area contributed by atoms with Crippen LogP contribution in [0.2, 0.25) is 0 Å². The molecule has 2 aromatic carbocycles. The molecule has 0 radical (unpaired) electrons. The zero-order valence-electron chi connectivity index (χ0n) is 18.4. The standard InChI is InChI=1S/C23H27F3N2O3S/c1-5-19(15-6-11-20(14(2)12-15)28-32(4,30)31)27-21(29)18-13-22(18,3)16-7-9-17(10-8-16)23(24,25)26/h6-12,18-19,28H,5,13H2,1-4H3,(H,27,29)/t18?,19?,22-/m1/s1. The fourth-order valence-corrected chi connectivity index (χ4v) is 4.65. The summed E-state index contributed by atoms with van der Waals surface area (Å²) < 4.78 is 63.9. The van der Waals surface area contributed by atoms with E-state index in [1.165, 1.54) is 12.1 Å². The second kappa shape index (κ2) is 8.42. The van der Waals surface area contributed by atoms with Crippen molar-refractivity contribution in [1.82, 2.24) is 5.32 Å². The monoisotopic (exact) mass is 468 g/mol. The van der Waals surface area contributed by atoms with Crippen molar-refractivity contribution in [3.8, 4) is 0 Å². The summed E-state index contributed by atoms with van der Waals surface area (Å²) in [6.45, 7) is 5.61. The average Bonchev–Trinajstić information content (AvgIpc) is 3.39. The number of hydrogen-bond donors (Lipinski definition) is 2. The van der Waals surface area contributed by atoms with Gasteiger partial charge < -0.3 is 5.32 Å². The van der Waals surface area contributed by atoms with Crippen molar-refractivity contribution in [3.63, 3.8) is 0 Å². The van der Waals surface area contributed by atoms with Gasteiger partial charge in [0.2, 0.25) is 15.9 Å². The fraction of sp³-hybridized carbons (Fsp3) is 0.435. The topological polar surface area (TPSA) is 75.3 Å². The molecule has 1 fully saturated rings. The number of halogens is 3. The van der Waals surface area contributed by atoms with E-state index >= 15 is 0 Å². The summed E-state index contributed by atoms with van der Waals surface area (Å²) in [7, 11) is -3.39. The molecule has 0 spiro atoms. The largest absolute Gasteiger partial charge is 0.416 e. The van der Waals surface area contributed by atoms with Gasteiger partial charge in [-0.25, -0.2) is 8.42 Å². The van der Waals surface area contributed by atoms with E-state index in [0.29, 0.717) is 24.1 Å². The predicted octanol–water partition coefficient (Wildman–Crippen LogP) is 4.93. The summed E-state index contributed by atoms with van der Waals surface area (Å²) in [6.07, 6.45) is -2.11. The molecule has 1 saturated carbocycles. The predicted molar refractivity (Wildman–Crippen MR) is 118 cm³/mol. The van der Waals surface area contributed by atoms with E-state index in [2.05, 4.69) is 10.0 Å². The Morgan fingerprint density at radius 1 is 1.19 bits per heavy atom. The minimum atomic E-state index is -4.39. The van der Waals surface area contributed by atoms with Crippen LogP contribution in [0.5, 0.6) is 0 Å². The van der Waals surface area contributed by atoms with E-state index in [1.54, 1.807) is 19.1 Å². The van der Waals surface area contributed by atoms with E-state index in [0.717, 1.165) is 29.5 Å². The van der Waals surface area contributed by atoms with Crippen LogP contribution in [0.25, 0.3) is 0 Å². The molecule has 3 rings (SSSR count). The quantitative estimate of drug-likeness (QED) is 0.605. The molecule has 2 N–H and O–H groups in total. The summed E-state index contributed by atoms with van der Waals surface area (Å²) in [5, 5.41) is 3.04. The molecule has 1 aliphatic carbocycles.